The number of rotatable bonds is 7. The van der Waals surface area contributed by atoms with Gasteiger partial charge in [0.25, 0.3) is 0 Å². The van der Waals surface area contributed by atoms with E-state index in [2.05, 4.69) is 0 Å². The Morgan fingerprint density at radius 2 is 1.70 bits per heavy atom. The molecular formula is C20H24O7. The predicted octanol–water partition coefficient (Wildman–Crippen LogP) is 2.75. The minimum atomic E-state index is -1.18. The van der Waals surface area contributed by atoms with Gasteiger partial charge in [-0.2, -0.15) is 0 Å². The van der Waals surface area contributed by atoms with Crippen molar-refractivity contribution in [3.63, 3.8) is 0 Å². The fourth-order valence-corrected chi connectivity index (χ4v) is 2.25. The fourth-order valence-electron chi connectivity index (χ4n) is 2.25. The van der Waals surface area contributed by atoms with Crippen LogP contribution >= 0.6 is 0 Å². The number of fused-ring (bicyclic) bond motifs is 1. The highest BCUT2D eigenvalue weighted by atomic mass is 16.6. The number of hydrogen-bond acceptors (Lipinski definition) is 7. The zero-order valence-corrected chi connectivity index (χ0v) is 15.6. The third-order valence-corrected chi connectivity index (χ3v) is 4.41. The van der Waals surface area contributed by atoms with Crippen LogP contribution in [0, 0.1) is 5.41 Å². The summed E-state index contributed by atoms with van der Waals surface area (Å²) in [5.74, 6) is -1.53. The highest BCUT2D eigenvalue weighted by Gasteiger charge is 2.27. The van der Waals surface area contributed by atoms with Crippen LogP contribution in [0.25, 0.3) is 10.8 Å². The van der Waals surface area contributed by atoms with Crippen molar-refractivity contribution in [2.45, 2.75) is 33.3 Å². The maximum atomic E-state index is 12.2. The minimum Gasteiger partial charge on any atom is -0.508 e. The van der Waals surface area contributed by atoms with Crippen LogP contribution in [0.1, 0.15) is 37.6 Å². The van der Waals surface area contributed by atoms with Gasteiger partial charge < -0.3 is 24.8 Å². The quantitative estimate of drug-likeness (QED) is 0.637. The molecule has 146 valence electrons. The number of benzene rings is 2. The van der Waals surface area contributed by atoms with Crippen LogP contribution in [0.4, 0.5) is 0 Å². The van der Waals surface area contributed by atoms with Crippen molar-refractivity contribution in [2.24, 2.45) is 5.41 Å². The molecule has 0 amide bonds. The molecule has 27 heavy (non-hydrogen) atoms. The summed E-state index contributed by atoms with van der Waals surface area (Å²) in [6.07, 6.45) is -0.592. The number of ether oxygens (including phenoxy) is 2. The van der Waals surface area contributed by atoms with Crippen molar-refractivity contribution in [1.29, 1.82) is 0 Å². The first kappa shape index (κ1) is 20.5. The van der Waals surface area contributed by atoms with E-state index in [4.69, 9.17) is 9.47 Å². The van der Waals surface area contributed by atoms with Crippen molar-refractivity contribution in [3.8, 4) is 11.5 Å². The van der Waals surface area contributed by atoms with Gasteiger partial charge in [0, 0.05) is 0 Å². The molecule has 0 aliphatic rings. The first-order chi connectivity index (χ1) is 12.6. The number of phenols is 2. The summed E-state index contributed by atoms with van der Waals surface area (Å²) in [5, 5.41) is 30.6. The smallest absolute Gasteiger partial charge is 0.342 e. The van der Waals surface area contributed by atoms with Crippen molar-refractivity contribution in [1.82, 2.24) is 0 Å². The number of phenolic OH excluding ortho intramolecular Hbond substituents is 2. The molecule has 0 heterocycles. The van der Waals surface area contributed by atoms with E-state index in [-0.39, 0.29) is 23.7 Å². The van der Waals surface area contributed by atoms with E-state index in [9.17, 15) is 24.9 Å². The maximum absolute atomic E-state index is 12.2. The Morgan fingerprint density at radius 3 is 2.37 bits per heavy atom. The second-order valence-corrected chi connectivity index (χ2v) is 6.99. The predicted molar refractivity (Wildman–Crippen MR) is 98.6 cm³/mol. The molecule has 0 fully saturated rings. The van der Waals surface area contributed by atoms with Gasteiger partial charge in [0.2, 0.25) is 0 Å². The summed E-state index contributed by atoms with van der Waals surface area (Å²) in [4.78, 5) is 24.0. The molecule has 0 aromatic heterocycles. The first-order valence-corrected chi connectivity index (χ1v) is 8.62. The lowest BCUT2D eigenvalue weighted by molar-refractivity contribution is -0.157. The average molecular weight is 376 g/mol. The largest absolute Gasteiger partial charge is 0.508 e. The summed E-state index contributed by atoms with van der Waals surface area (Å²) in [6.45, 7) is 4.64. The third kappa shape index (κ3) is 5.10. The molecule has 0 aliphatic heterocycles. The van der Waals surface area contributed by atoms with Gasteiger partial charge in [0.15, 0.2) is 0 Å². The highest BCUT2D eigenvalue weighted by molar-refractivity contribution is 5.98. The molecule has 0 saturated heterocycles. The normalized spacial score (nSPS) is 12.6. The van der Waals surface area contributed by atoms with Gasteiger partial charge >= 0.3 is 11.9 Å². The Labute approximate surface area is 157 Å². The number of carbonyl (C=O) groups excluding carboxylic acids is 2. The number of aromatic hydroxyl groups is 2. The van der Waals surface area contributed by atoms with E-state index in [1.165, 1.54) is 24.3 Å². The van der Waals surface area contributed by atoms with Crippen LogP contribution in [0.2, 0.25) is 0 Å². The molecule has 1 atom stereocenters. The van der Waals surface area contributed by atoms with Gasteiger partial charge in [-0.1, -0.05) is 13.0 Å². The van der Waals surface area contributed by atoms with Crippen molar-refractivity contribution in [3.05, 3.63) is 35.9 Å². The third-order valence-electron chi connectivity index (χ3n) is 4.41. The molecule has 0 radical (unpaired) electrons. The number of esters is 2. The van der Waals surface area contributed by atoms with Crippen molar-refractivity contribution < 1.29 is 34.4 Å². The standard InChI is InChI=1S/C20H24O7/c1-4-20(2,3)19(25)27-11-15(22)10-26-18(24)16-8-13-7-14(21)6-5-12(13)9-17(16)23/h5-9,15,21-23H,4,10-11H2,1-3H3. The summed E-state index contributed by atoms with van der Waals surface area (Å²) >= 11 is 0. The van der Waals surface area contributed by atoms with Gasteiger partial charge in [0.05, 0.1) is 5.41 Å². The highest BCUT2D eigenvalue weighted by Crippen LogP contribution is 2.28. The Morgan fingerprint density at radius 1 is 1.04 bits per heavy atom. The number of hydrogen-bond donors (Lipinski definition) is 3. The van der Waals surface area contributed by atoms with Gasteiger partial charge in [-0.05, 0) is 55.3 Å². The minimum absolute atomic E-state index is 0.0275. The molecule has 2 aromatic carbocycles. The average Bonchev–Trinajstić information content (AvgIpc) is 2.63. The summed E-state index contributed by atoms with van der Waals surface area (Å²) < 4.78 is 10.0. The van der Waals surface area contributed by atoms with Crippen LogP contribution in [-0.4, -0.2) is 46.6 Å². The summed E-state index contributed by atoms with van der Waals surface area (Å²) in [5.41, 5.74) is -0.747. The topological polar surface area (TPSA) is 113 Å². The van der Waals surface area contributed by atoms with Crippen LogP contribution in [-0.2, 0) is 14.3 Å². The van der Waals surface area contributed by atoms with Crippen molar-refractivity contribution >= 4 is 22.7 Å². The summed E-state index contributed by atoms with van der Waals surface area (Å²) in [7, 11) is 0. The molecule has 0 bridgehead atoms. The van der Waals surface area contributed by atoms with E-state index in [1.807, 2.05) is 6.92 Å². The molecule has 7 heteroatoms. The molecule has 1 unspecified atom stereocenters. The van der Waals surface area contributed by atoms with E-state index in [1.54, 1.807) is 19.9 Å². The SMILES string of the molecule is CCC(C)(C)C(=O)OCC(O)COC(=O)c1cc2cc(O)ccc2cc1O. The van der Waals surface area contributed by atoms with E-state index in [0.29, 0.717) is 17.2 Å². The maximum Gasteiger partial charge on any atom is 0.342 e. The lowest BCUT2D eigenvalue weighted by Crippen LogP contribution is -2.31. The number of aliphatic hydroxyl groups is 1. The molecule has 2 rings (SSSR count). The second-order valence-electron chi connectivity index (χ2n) is 6.99. The number of aliphatic hydroxyl groups excluding tert-OH is 1. The summed E-state index contributed by atoms with van der Waals surface area (Å²) in [6, 6.07) is 7.31. The second kappa shape index (κ2) is 8.26. The zero-order valence-electron chi connectivity index (χ0n) is 15.6. The van der Waals surface area contributed by atoms with E-state index < -0.39 is 30.1 Å². The zero-order chi connectivity index (χ0) is 20.2. The Hall–Kier alpha value is -2.80. The van der Waals surface area contributed by atoms with Crippen LogP contribution in [0.3, 0.4) is 0 Å². The van der Waals surface area contributed by atoms with E-state index >= 15 is 0 Å². The van der Waals surface area contributed by atoms with Crippen LogP contribution in [0.5, 0.6) is 11.5 Å². The molecular weight excluding hydrogens is 352 g/mol. The van der Waals surface area contributed by atoms with Gasteiger partial charge in [0.1, 0.15) is 36.4 Å². The van der Waals surface area contributed by atoms with Gasteiger partial charge in [-0.15, -0.1) is 0 Å². The van der Waals surface area contributed by atoms with Gasteiger partial charge in [-0.3, -0.25) is 4.79 Å². The lowest BCUT2D eigenvalue weighted by Gasteiger charge is -2.21. The molecule has 0 spiro atoms. The fraction of sp³-hybridized carbons (Fsp3) is 0.400. The Bertz CT molecular complexity index is 842. The van der Waals surface area contributed by atoms with Gasteiger partial charge in [-0.25, -0.2) is 4.79 Å². The number of carbonyl (C=O) groups is 2. The van der Waals surface area contributed by atoms with Crippen LogP contribution < -0.4 is 0 Å². The monoisotopic (exact) mass is 376 g/mol. The van der Waals surface area contributed by atoms with E-state index in [0.717, 1.165) is 0 Å². The van der Waals surface area contributed by atoms with Crippen LogP contribution in [0.15, 0.2) is 30.3 Å². The Balaban J connectivity index is 1.96. The lowest BCUT2D eigenvalue weighted by atomic mass is 9.91. The Kier molecular flexibility index (Phi) is 6.28. The first-order valence-electron chi connectivity index (χ1n) is 8.62. The molecule has 7 nitrogen and oxygen atoms in total. The molecule has 3 N–H and O–H groups in total. The molecule has 0 saturated carbocycles. The van der Waals surface area contributed by atoms with Crippen molar-refractivity contribution in [2.75, 3.05) is 13.2 Å². The molecule has 0 aliphatic carbocycles. The molecule has 2 aromatic rings.